The van der Waals surface area contributed by atoms with Crippen molar-refractivity contribution >= 4 is 0 Å². The lowest BCUT2D eigenvalue weighted by atomic mass is 9.59. The molecule has 0 aromatic rings. The topological polar surface area (TPSA) is 69.9 Å². The third kappa shape index (κ3) is 4.78. The summed E-state index contributed by atoms with van der Waals surface area (Å²) in [4.78, 5) is 0. The Bertz CT molecular complexity index is 820. The summed E-state index contributed by atoms with van der Waals surface area (Å²) in [7, 11) is 0. The molecule has 3 saturated carbocycles. The van der Waals surface area contributed by atoms with Crippen LogP contribution in [0.3, 0.4) is 0 Å². The van der Waals surface area contributed by atoms with Gasteiger partial charge in [0.05, 0.1) is 30.0 Å². The van der Waals surface area contributed by atoms with E-state index in [9.17, 15) is 15.3 Å². The minimum atomic E-state index is -0.665. The normalized spacial score (nSPS) is 46.8. The molecule has 4 aliphatic rings. The zero-order valence-corrected chi connectivity index (χ0v) is 21.4. The maximum atomic E-state index is 10.4. The summed E-state index contributed by atoms with van der Waals surface area (Å²) < 4.78 is 6.53. The number of fused-ring (bicyclic) bond motifs is 1. The molecule has 186 valence electrons. The Morgan fingerprint density at radius 2 is 1.91 bits per heavy atom. The van der Waals surface area contributed by atoms with Gasteiger partial charge in [-0.05, 0) is 106 Å². The van der Waals surface area contributed by atoms with E-state index >= 15 is 0 Å². The van der Waals surface area contributed by atoms with Gasteiger partial charge >= 0.3 is 0 Å². The smallest absolute Gasteiger partial charge is 0.0837 e. The average molecular weight is 459 g/mol. The predicted molar refractivity (Wildman–Crippen MR) is 133 cm³/mol. The number of ether oxygens (including phenoxy) is 1. The number of hydrogen-bond donors (Lipinski definition) is 3. The SMILES string of the molecule is C=C1/C(=C\C=C2/CCC[C@@]3(C)[C@H]2CC[C@@H]3[C@]2(C)C[C@H](CC(C)(C)O)CO2)C[C@@H](O)[C@H](C)[C@@H]1O. The van der Waals surface area contributed by atoms with Crippen molar-refractivity contribution in [1.82, 2.24) is 0 Å². The molecule has 4 nitrogen and oxygen atoms in total. The highest BCUT2D eigenvalue weighted by Gasteiger charge is 2.57. The maximum absolute atomic E-state index is 10.4. The van der Waals surface area contributed by atoms with Gasteiger partial charge in [-0.25, -0.2) is 0 Å². The van der Waals surface area contributed by atoms with Gasteiger partial charge in [0.1, 0.15) is 0 Å². The second-order valence-electron chi connectivity index (χ2n) is 12.8. The van der Waals surface area contributed by atoms with Gasteiger partial charge in [-0.2, -0.15) is 0 Å². The lowest BCUT2D eigenvalue weighted by molar-refractivity contribution is -0.0753. The van der Waals surface area contributed by atoms with E-state index in [1.807, 2.05) is 20.8 Å². The number of aliphatic hydroxyl groups is 3. The number of allylic oxidation sites excluding steroid dienone is 3. The first-order chi connectivity index (χ1) is 15.3. The number of aliphatic hydroxyl groups excluding tert-OH is 2. The molecule has 4 fully saturated rings. The van der Waals surface area contributed by atoms with Gasteiger partial charge in [0.25, 0.3) is 0 Å². The minimum Gasteiger partial charge on any atom is -0.392 e. The van der Waals surface area contributed by atoms with Crippen LogP contribution < -0.4 is 0 Å². The third-order valence-electron chi connectivity index (χ3n) is 9.63. The summed E-state index contributed by atoms with van der Waals surface area (Å²) in [6.07, 6.45) is 11.6. The Hall–Kier alpha value is -0.940. The molecule has 4 heteroatoms. The lowest BCUT2D eigenvalue weighted by Gasteiger charge is -2.47. The van der Waals surface area contributed by atoms with E-state index in [-0.39, 0.29) is 16.9 Å². The van der Waals surface area contributed by atoms with E-state index in [0.717, 1.165) is 37.0 Å². The fourth-order valence-corrected chi connectivity index (χ4v) is 7.97. The van der Waals surface area contributed by atoms with Gasteiger partial charge in [-0.15, -0.1) is 0 Å². The fraction of sp³-hybridized carbons (Fsp3) is 0.793. The first kappa shape index (κ1) is 25.2. The molecule has 1 heterocycles. The molecular weight excluding hydrogens is 412 g/mol. The average Bonchev–Trinajstić information content (AvgIpc) is 3.27. The molecule has 3 aliphatic carbocycles. The van der Waals surface area contributed by atoms with Crippen LogP contribution in [0, 0.1) is 29.1 Å². The monoisotopic (exact) mass is 458 g/mol. The Balaban J connectivity index is 1.52. The van der Waals surface area contributed by atoms with Crippen LogP contribution in [0.4, 0.5) is 0 Å². The van der Waals surface area contributed by atoms with Gasteiger partial charge in [0.2, 0.25) is 0 Å². The molecule has 8 atom stereocenters. The summed E-state index contributed by atoms with van der Waals surface area (Å²) in [6.45, 7) is 15.4. The van der Waals surface area contributed by atoms with E-state index < -0.39 is 17.8 Å². The summed E-state index contributed by atoms with van der Waals surface area (Å²) in [5.41, 5.74) is 2.75. The van der Waals surface area contributed by atoms with Crippen LogP contribution in [-0.2, 0) is 4.74 Å². The van der Waals surface area contributed by atoms with Crippen LogP contribution in [-0.4, -0.2) is 45.3 Å². The van der Waals surface area contributed by atoms with Crippen molar-refractivity contribution in [2.24, 2.45) is 29.1 Å². The predicted octanol–water partition coefficient (Wildman–Crippen LogP) is 5.33. The first-order valence-electron chi connectivity index (χ1n) is 13.2. The molecule has 0 spiro atoms. The zero-order chi connectivity index (χ0) is 24.2. The summed E-state index contributed by atoms with van der Waals surface area (Å²) >= 11 is 0. The highest BCUT2D eigenvalue weighted by molar-refractivity contribution is 5.39. The van der Waals surface area contributed by atoms with E-state index in [2.05, 4.69) is 32.6 Å². The maximum Gasteiger partial charge on any atom is 0.0837 e. The van der Waals surface area contributed by atoms with Crippen molar-refractivity contribution in [3.05, 3.63) is 35.5 Å². The minimum absolute atomic E-state index is 0.109. The van der Waals surface area contributed by atoms with Crippen molar-refractivity contribution in [1.29, 1.82) is 0 Å². The largest absolute Gasteiger partial charge is 0.392 e. The second-order valence-corrected chi connectivity index (χ2v) is 12.8. The molecule has 1 saturated heterocycles. The van der Waals surface area contributed by atoms with Crippen LogP contribution in [0.25, 0.3) is 0 Å². The fourth-order valence-electron chi connectivity index (χ4n) is 7.97. The van der Waals surface area contributed by atoms with Crippen molar-refractivity contribution in [3.63, 3.8) is 0 Å². The second kappa shape index (κ2) is 8.93. The van der Waals surface area contributed by atoms with Crippen molar-refractivity contribution in [2.45, 2.75) is 109 Å². The van der Waals surface area contributed by atoms with E-state index in [1.165, 1.54) is 31.3 Å². The van der Waals surface area contributed by atoms with E-state index in [4.69, 9.17) is 4.74 Å². The van der Waals surface area contributed by atoms with Crippen molar-refractivity contribution < 1.29 is 20.1 Å². The van der Waals surface area contributed by atoms with E-state index in [1.54, 1.807) is 0 Å². The summed E-state index contributed by atoms with van der Waals surface area (Å²) in [5, 5.41) is 31.1. The van der Waals surface area contributed by atoms with Crippen LogP contribution >= 0.6 is 0 Å². The summed E-state index contributed by atoms with van der Waals surface area (Å²) in [5.74, 6) is 1.36. The van der Waals surface area contributed by atoms with Gasteiger partial charge in [0.15, 0.2) is 0 Å². The van der Waals surface area contributed by atoms with Crippen molar-refractivity contribution in [3.8, 4) is 0 Å². The van der Waals surface area contributed by atoms with Crippen LogP contribution in [0.15, 0.2) is 35.5 Å². The van der Waals surface area contributed by atoms with Crippen LogP contribution in [0.1, 0.15) is 86.0 Å². The van der Waals surface area contributed by atoms with Gasteiger partial charge in [-0.3, -0.25) is 0 Å². The molecule has 0 bridgehead atoms. The van der Waals surface area contributed by atoms with E-state index in [0.29, 0.717) is 24.2 Å². The molecule has 0 amide bonds. The molecule has 4 rings (SSSR count). The Kier molecular flexibility index (Phi) is 6.81. The molecule has 3 N–H and O–H groups in total. The van der Waals surface area contributed by atoms with Gasteiger partial charge < -0.3 is 20.1 Å². The van der Waals surface area contributed by atoms with Crippen LogP contribution in [0.2, 0.25) is 0 Å². The molecule has 0 aromatic carbocycles. The molecule has 0 radical (unpaired) electrons. The third-order valence-corrected chi connectivity index (χ3v) is 9.63. The first-order valence-corrected chi connectivity index (χ1v) is 13.2. The molecule has 0 unspecified atom stereocenters. The standard InChI is InChI=1S/C29H46O4/c1-18-22(14-24(30)19(2)26(18)31)10-9-21-8-7-13-28(5)23(21)11-12-25(28)29(6)16-20(17-33-29)15-27(3,4)32/h9-10,19-20,23-26,30-32H,1,7-8,11-17H2,2-6H3/b21-9+,22-10-/t19-,20-,23-,24+,25-,26+,28-,29-/m0/s1. The Morgan fingerprint density at radius 3 is 2.61 bits per heavy atom. The quantitative estimate of drug-likeness (QED) is 0.533. The lowest BCUT2D eigenvalue weighted by Crippen LogP contribution is -2.45. The summed E-state index contributed by atoms with van der Waals surface area (Å²) in [6, 6.07) is 0. The molecule has 1 aliphatic heterocycles. The Labute approximate surface area is 200 Å². The highest BCUT2D eigenvalue weighted by Crippen LogP contribution is 2.62. The van der Waals surface area contributed by atoms with Crippen molar-refractivity contribution in [2.75, 3.05) is 6.61 Å². The number of rotatable bonds is 4. The zero-order valence-electron chi connectivity index (χ0n) is 21.4. The number of hydrogen-bond acceptors (Lipinski definition) is 4. The highest BCUT2D eigenvalue weighted by atomic mass is 16.5. The van der Waals surface area contributed by atoms with Crippen LogP contribution in [0.5, 0.6) is 0 Å². The van der Waals surface area contributed by atoms with Gasteiger partial charge in [-0.1, -0.05) is 38.2 Å². The van der Waals surface area contributed by atoms with Gasteiger partial charge in [0, 0.05) is 5.92 Å². The molecule has 33 heavy (non-hydrogen) atoms. The molecule has 0 aromatic heterocycles. The molecular formula is C29H46O4. The Morgan fingerprint density at radius 1 is 1.18 bits per heavy atom.